The first-order valence-corrected chi connectivity index (χ1v) is 6.86. The summed E-state index contributed by atoms with van der Waals surface area (Å²) in [4.78, 5) is 4.03. The minimum Gasteiger partial charge on any atom is -0.314 e. The smallest absolute Gasteiger partial charge is 0.0621 e. The number of rotatable bonds is 6. The third-order valence-corrected chi connectivity index (χ3v) is 3.87. The van der Waals surface area contributed by atoms with E-state index < -0.39 is 0 Å². The van der Waals surface area contributed by atoms with E-state index in [1.54, 1.807) is 6.20 Å². The van der Waals surface area contributed by atoms with Crippen LogP contribution in [-0.4, -0.2) is 17.6 Å². The zero-order valence-corrected chi connectivity index (χ0v) is 11.4. The van der Waals surface area contributed by atoms with Gasteiger partial charge in [0.15, 0.2) is 0 Å². The van der Waals surface area contributed by atoms with Gasteiger partial charge in [0.1, 0.15) is 0 Å². The molecule has 1 unspecified atom stereocenters. The van der Waals surface area contributed by atoms with Crippen molar-refractivity contribution in [3.05, 3.63) is 29.0 Å². The van der Waals surface area contributed by atoms with E-state index in [0.29, 0.717) is 11.8 Å². The molecule has 1 heterocycles. The van der Waals surface area contributed by atoms with Crippen LogP contribution in [0.15, 0.2) is 18.5 Å². The molecule has 1 atom stereocenters. The molecule has 0 spiro atoms. The Kier molecular flexibility index (Phi) is 4.41. The molecule has 0 bridgehead atoms. The normalized spacial score (nSPS) is 17.4. The van der Waals surface area contributed by atoms with Gasteiger partial charge in [-0.05, 0) is 49.3 Å². The van der Waals surface area contributed by atoms with E-state index >= 15 is 0 Å². The summed E-state index contributed by atoms with van der Waals surface area (Å²) in [5, 5.41) is 4.41. The predicted octanol–water partition coefficient (Wildman–Crippen LogP) is 3.30. The van der Waals surface area contributed by atoms with Crippen molar-refractivity contribution in [3.8, 4) is 0 Å². The van der Waals surface area contributed by atoms with Gasteiger partial charge in [-0.2, -0.15) is 0 Å². The van der Waals surface area contributed by atoms with E-state index in [1.807, 2.05) is 12.3 Å². The van der Waals surface area contributed by atoms with Gasteiger partial charge in [0, 0.05) is 18.4 Å². The molecule has 1 aliphatic carbocycles. The Bertz CT molecular complexity index is 361. The molecule has 94 valence electrons. The molecule has 2 rings (SSSR count). The van der Waals surface area contributed by atoms with Crippen LogP contribution in [0.25, 0.3) is 0 Å². The van der Waals surface area contributed by atoms with Crippen LogP contribution in [0.5, 0.6) is 0 Å². The topological polar surface area (TPSA) is 24.9 Å². The quantitative estimate of drug-likeness (QED) is 0.840. The molecular formula is C14H21ClN2. The summed E-state index contributed by atoms with van der Waals surface area (Å²) in [7, 11) is 0. The Morgan fingerprint density at radius 2 is 2.24 bits per heavy atom. The number of halogens is 1. The molecule has 1 saturated carbocycles. The van der Waals surface area contributed by atoms with Crippen molar-refractivity contribution in [2.75, 3.05) is 6.54 Å². The Morgan fingerprint density at radius 1 is 1.47 bits per heavy atom. The minimum absolute atomic E-state index is 0.649. The SMILES string of the molecule is CC(C)C(CNC1CC1)Cc1ccncc1Cl. The van der Waals surface area contributed by atoms with Crippen molar-refractivity contribution >= 4 is 11.6 Å². The van der Waals surface area contributed by atoms with Crippen LogP contribution in [0, 0.1) is 11.8 Å². The molecule has 0 aliphatic heterocycles. The van der Waals surface area contributed by atoms with Gasteiger partial charge in [0.25, 0.3) is 0 Å². The molecule has 2 nitrogen and oxygen atoms in total. The first kappa shape index (κ1) is 12.8. The highest BCUT2D eigenvalue weighted by Gasteiger charge is 2.23. The highest BCUT2D eigenvalue weighted by molar-refractivity contribution is 6.31. The first-order chi connectivity index (χ1) is 8.16. The molecule has 1 N–H and O–H groups in total. The van der Waals surface area contributed by atoms with Crippen LogP contribution in [-0.2, 0) is 6.42 Å². The van der Waals surface area contributed by atoms with E-state index in [9.17, 15) is 0 Å². The van der Waals surface area contributed by atoms with Crippen LogP contribution >= 0.6 is 11.6 Å². The van der Waals surface area contributed by atoms with Crippen molar-refractivity contribution in [2.45, 2.75) is 39.2 Å². The standard InChI is InChI=1S/C14H21ClN2/c1-10(2)12(8-17-13-3-4-13)7-11-5-6-16-9-14(11)15/h5-6,9-10,12-13,17H,3-4,7-8H2,1-2H3. The average Bonchev–Trinajstić information content (AvgIpc) is 3.10. The number of hydrogen-bond acceptors (Lipinski definition) is 2. The second-order valence-electron chi connectivity index (χ2n) is 5.36. The lowest BCUT2D eigenvalue weighted by Crippen LogP contribution is -2.29. The minimum atomic E-state index is 0.649. The van der Waals surface area contributed by atoms with E-state index in [1.165, 1.54) is 18.4 Å². The number of nitrogens with one attached hydrogen (secondary N) is 1. The van der Waals surface area contributed by atoms with Crippen LogP contribution < -0.4 is 5.32 Å². The van der Waals surface area contributed by atoms with Crippen molar-refractivity contribution in [2.24, 2.45) is 11.8 Å². The van der Waals surface area contributed by atoms with Gasteiger partial charge in [-0.15, -0.1) is 0 Å². The maximum atomic E-state index is 6.17. The molecule has 0 aromatic carbocycles. The summed E-state index contributed by atoms with van der Waals surface area (Å²) in [6.07, 6.45) is 7.30. The van der Waals surface area contributed by atoms with Gasteiger partial charge in [-0.25, -0.2) is 0 Å². The average molecular weight is 253 g/mol. The maximum Gasteiger partial charge on any atom is 0.0621 e. The molecule has 17 heavy (non-hydrogen) atoms. The molecule has 1 fully saturated rings. The van der Waals surface area contributed by atoms with Gasteiger partial charge in [-0.3, -0.25) is 4.98 Å². The fourth-order valence-corrected chi connectivity index (χ4v) is 2.20. The summed E-state index contributed by atoms with van der Waals surface area (Å²) in [6.45, 7) is 5.67. The van der Waals surface area contributed by atoms with Gasteiger partial charge in [-0.1, -0.05) is 25.4 Å². The number of nitrogens with zero attached hydrogens (tertiary/aromatic N) is 1. The van der Waals surface area contributed by atoms with Crippen LogP contribution in [0.1, 0.15) is 32.3 Å². The molecule has 0 amide bonds. The molecule has 1 aliphatic rings. The molecular weight excluding hydrogens is 232 g/mol. The Morgan fingerprint density at radius 3 is 2.82 bits per heavy atom. The zero-order chi connectivity index (χ0) is 12.3. The van der Waals surface area contributed by atoms with Gasteiger partial charge < -0.3 is 5.32 Å². The van der Waals surface area contributed by atoms with E-state index in [0.717, 1.165) is 24.0 Å². The third kappa shape index (κ3) is 3.97. The second kappa shape index (κ2) is 5.83. The summed E-state index contributed by atoms with van der Waals surface area (Å²) in [6, 6.07) is 2.82. The van der Waals surface area contributed by atoms with E-state index in [2.05, 4.69) is 24.1 Å². The molecule has 0 saturated heterocycles. The Balaban J connectivity index is 1.93. The maximum absolute atomic E-state index is 6.17. The van der Waals surface area contributed by atoms with Crippen LogP contribution in [0.2, 0.25) is 5.02 Å². The van der Waals surface area contributed by atoms with E-state index in [4.69, 9.17) is 11.6 Å². The Labute approximate surface area is 109 Å². The number of hydrogen-bond donors (Lipinski definition) is 1. The van der Waals surface area contributed by atoms with Crippen molar-refractivity contribution < 1.29 is 0 Å². The molecule has 1 aromatic heterocycles. The monoisotopic (exact) mass is 252 g/mol. The zero-order valence-electron chi connectivity index (χ0n) is 10.6. The van der Waals surface area contributed by atoms with Crippen LogP contribution in [0.4, 0.5) is 0 Å². The van der Waals surface area contributed by atoms with Crippen molar-refractivity contribution in [1.82, 2.24) is 10.3 Å². The second-order valence-corrected chi connectivity index (χ2v) is 5.77. The fraction of sp³-hybridized carbons (Fsp3) is 0.643. The fourth-order valence-electron chi connectivity index (χ4n) is 2.00. The lowest BCUT2D eigenvalue weighted by Gasteiger charge is -2.22. The van der Waals surface area contributed by atoms with Crippen molar-refractivity contribution in [3.63, 3.8) is 0 Å². The molecule has 1 aromatic rings. The highest BCUT2D eigenvalue weighted by Crippen LogP contribution is 2.24. The Hall–Kier alpha value is -0.600. The predicted molar refractivity (Wildman–Crippen MR) is 72.3 cm³/mol. The molecule has 0 radical (unpaired) electrons. The summed E-state index contributed by atoms with van der Waals surface area (Å²) < 4.78 is 0. The lowest BCUT2D eigenvalue weighted by atomic mass is 9.89. The van der Waals surface area contributed by atoms with Gasteiger partial charge >= 0.3 is 0 Å². The van der Waals surface area contributed by atoms with Gasteiger partial charge in [0.2, 0.25) is 0 Å². The summed E-state index contributed by atoms with van der Waals surface area (Å²) in [5.74, 6) is 1.32. The van der Waals surface area contributed by atoms with E-state index in [-0.39, 0.29) is 0 Å². The largest absolute Gasteiger partial charge is 0.314 e. The lowest BCUT2D eigenvalue weighted by molar-refractivity contribution is 0.359. The molecule has 3 heteroatoms. The number of pyridine rings is 1. The summed E-state index contributed by atoms with van der Waals surface area (Å²) in [5.41, 5.74) is 1.22. The highest BCUT2D eigenvalue weighted by atomic mass is 35.5. The summed E-state index contributed by atoms with van der Waals surface area (Å²) >= 11 is 6.17. The van der Waals surface area contributed by atoms with Crippen molar-refractivity contribution in [1.29, 1.82) is 0 Å². The first-order valence-electron chi connectivity index (χ1n) is 6.48. The number of aromatic nitrogens is 1. The van der Waals surface area contributed by atoms with Gasteiger partial charge in [0.05, 0.1) is 5.02 Å². The van der Waals surface area contributed by atoms with Crippen LogP contribution in [0.3, 0.4) is 0 Å². The third-order valence-electron chi connectivity index (χ3n) is 3.53.